The predicted octanol–water partition coefficient (Wildman–Crippen LogP) is 1.17. The number of hydrogen-bond acceptors (Lipinski definition) is 4. The second kappa shape index (κ2) is 5.57. The first-order chi connectivity index (χ1) is 8.70. The highest BCUT2D eigenvalue weighted by Crippen LogP contribution is 2.22. The molecule has 2 aromatic rings. The Balaban J connectivity index is 2.27. The lowest BCUT2D eigenvalue weighted by Gasteiger charge is -2.11. The van der Waals surface area contributed by atoms with Crippen molar-refractivity contribution in [2.75, 3.05) is 7.11 Å². The topological polar surface area (TPSA) is 58.9 Å². The van der Waals surface area contributed by atoms with Crippen LogP contribution in [0, 0.1) is 0 Å². The van der Waals surface area contributed by atoms with E-state index in [-0.39, 0.29) is 5.46 Å². The largest absolute Gasteiger partial charge is 0.497 e. The smallest absolute Gasteiger partial charge is 0.492 e. The summed E-state index contributed by atoms with van der Waals surface area (Å²) in [6.07, 6.45) is 0. The van der Waals surface area contributed by atoms with Crippen molar-refractivity contribution in [2.24, 2.45) is 0 Å². The molecule has 0 aromatic heterocycles. The zero-order chi connectivity index (χ0) is 13.0. The Morgan fingerprint density at radius 2 is 1.67 bits per heavy atom. The third-order valence-corrected chi connectivity index (χ3v) is 2.46. The van der Waals surface area contributed by atoms with Gasteiger partial charge in [-0.1, -0.05) is 18.2 Å². The summed E-state index contributed by atoms with van der Waals surface area (Å²) < 4.78 is 10.6. The zero-order valence-electron chi connectivity index (χ0n) is 9.91. The van der Waals surface area contributed by atoms with Crippen LogP contribution in [-0.4, -0.2) is 24.3 Å². The summed E-state index contributed by atoms with van der Waals surface area (Å²) in [5.74, 6) is 1.61. The number of hydrogen-bond donors (Lipinski definition) is 2. The van der Waals surface area contributed by atoms with Gasteiger partial charge in [-0.2, -0.15) is 0 Å². The maximum absolute atomic E-state index is 9.25. The van der Waals surface area contributed by atoms with E-state index in [1.54, 1.807) is 12.1 Å². The summed E-state index contributed by atoms with van der Waals surface area (Å²) in [7, 11) is -0.127. The minimum Gasteiger partial charge on any atom is -0.497 e. The fourth-order valence-corrected chi connectivity index (χ4v) is 1.60. The van der Waals surface area contributed by atoms with Gasteiger partial charge in [0, 0.05) is 5.46 Å². The lowest BCUT2D eigenvalue weighted by molar-refractivity contribution is 0.401. The zero-order valence-corrected chi connectivity index (χ0v) is 9.91. The Morgan fingerprint density at radius 3 is 2.28 bits per heavy atom. The summed E-state index contributed by atoms with van der Waals surface area (Å²) >= 11 is 0. The van der Waals surface area contributed by atoms with Gasteiger partial charge >= 0.3 is 7.12 Å². The Labute approximate surface area is 106 Å². The predicted molar refractivity (Wildman–Crippen MR) is 69.3 cm³/mol. The van der Waals surface area contributed by atoms with E-state index in [1.807, 2.05) is 30.3 Å². The van der Waals surface area contributed by atoms with E-state index in [1.165, 1.54) is 13.2 Å². The molecule has 2 rings (SSSR count). The van der Waals surface area contributed by atoms with E-state index < -0.39 is 7.12 Å². The van der Waals surface area contributed by atoms with Crippen LogP contribution in [0.2, 0.25) is 0 Å². The Kier molecular flexibility index (Phi) is 3.87. The van der Waals surface area contributed by atoms with E-state index in [0.717, 1.165) is 0 Å². The van der Waals surface area contributed by atoms with Gasteiger partial charge in [-0.25, -0.2) is 0 Å². The van der Waals surface area contributed by atoms with Crippen LogP contribution in [0.4, 0.5) is 0 Å². The van der Waals surface area contributed by atoms with Gasteiger partial charge in [0.05, 0.1) is 7.11 Å². The van der Waals surface area contributed by atoms with Gasteiger partial charge in [-0.05, 0) is 30.3 Å². The molecule has 18 heavy (non-hydrogen) atoms. The van der Waals surface area contributed by atoms with E-state index in [9.17, 15) is 10.0 Å². The van der Waals surface area contributed by atoms with Gasteiger partial charge < -0.3 is 19.5 Å². The van der Waals surface area contributed by atoms with Crippen LogP contribution in [-0.2, 0) is 0 Å². The number of para-hydroxylation sites is 1. The first-order valence-electron chi connectivity index (χ1n) is 5.47. The quantitative estimate of drug-likeness (QED) is 0.792. The summed E-state index contributed by atoms with van der Waals surface area (Å²) in [5, 5.41) is 18.5. The van der Waals surface area contributed by atoms with Gasteiger partial charge in [-0.3, -0.25) is 0 Å². The number of benzene rings is 2. The van der Waals surface area contributed by atoms with Crippen molar-refractivity contribution in [1.82, 2.24) is 0 Å². The molecule has 0 unspecified atom stereocenters. The average Bonchev–Trinajstić information content (AvgIpc) is 2.40. The van der Waals surface area contributed by atoms with Crippen LogP contribution >= 0.6 is 0 Å². The molecule has 0 atom stereocenters. The lowest BCUT2D eigenvalue weighted by Crippen LogP contribution is -2.31. The molecule has 0 radical (unpaired) electrons. The first kappa shape index (κ1) is 12.5. The van der Waals surface area contributed by atoms with E-state index in [2.05, 4.69) is 0 Å². The number of rotatable bonds is 4. The van der Waals surface area contributed by atoms with Gasteiger partial charge in [0.15, 0.2) is 0 Å². The van der Waals surface area contributed by atoms with Crippen molar-refractivity contribution in [3.8, 4) is 17.2 Å². The van der Waals surface area contributed by atoms with Crippen LogP contribution in [0.1, 0.15) is 0 Å². The Morgan fingerprint density at radius 1 is 0.944 bits per heavy atom. The van der Waals surface area contributed by atoms with Crippen molar-refractivity contribution >= 4 is 12.6 Å². The monoisotopic (exact) mass is 244 g/mol. The fraction of sp³-hybridized carbons (Fsp3) is 0.0769. The van der Waals surface area contributed by atoms with Crippen molar-refractivity contribution in [1.29, 1.82) is 0 Å². The molecular weight excluding hydrogens is 231 g/mol. The first-order valence-corrected chi connectivity index (χ1v) is 5.47. The molecule has 0 aliphatic carbocycles. The highest BCUT2D eigenvalue weighted by molar-refractivity contribution is 6.59. The minimum absolute atomic E-state index is 0.269. The summed E-state index contributed by atoms with van der Waals surface area (Å²) in [6.45, 7) is 0. The van der Waals surface area contributed by atoms with Crippen molar-refractivity contribution in [2.45, 2.75) is 0 Å². The third-order valence-electron chi connectivity index (χ3n) is 2.46. The van der Waals surface area contributed by atoms with Gasteiger partial charge in [0.1, 0.15) is 17.2 Å². The van der Waals surface area contributed by atoms with E-state index in [4.69, 9.17) is 9.47 Å². The molecule has 0 heterocycles. The van der Waals surface area contributed by atoms with Crippen LogP contribution in [0.3, 0.4) is 0 Å². The molecule has 0 saturated carbocycles. The van der Waals surface area contributed by atoms with Crippen LogP contribution in [0.5, 0.6) is 17.2 Å². The highest BCUT2D eigenvalue weighted by atomic mass is 16.5. The van der Waals surface area contributed by atoms with Gasteiger partial charge in [0.2, 0.25) is 0 Å². The fourth-order valence-electron chi connectivity index (χ4n) is 1.60. The summed E-state index contributed by atoms with van der Waals surface area (Å²) in [5.41, 5.74) is 0.269. The van der Waals surface area contributed by atoms with Gasteiger partial charge in [0.25, 0.3) is 0 Å². The molecule has 92 valence electrons. The van der Waals surface area contributed by atoms with Crippen LogP contribution in [0.25, 0.3) is 0 Å². The Hall–Kier alpha value is -1.98. The van der Waals surface area contributed by atoms with Gasteiger partial charge in [-0.15, -0.1) is 0 Å². The van der Waals surface area contributed by atoms with Crippen molar-refractivity contribution in [3.05, 3.63) is 48.5 Å². The normalized spacial score (nSPS) is 9.94. The molecule has 0 fully saturated rings. The highest BCUT2D eigenvalue weighted by Gasteiger charge is 2.17. The molecule has 2 aromatic carbocycles. The SMILES string of the molecule is COc1ccc(Oc2ccccc2)cc1B(O)O. The van der Waals surface area contributed by atoms with Crippen molar-refractivity contribution in [3.63, 3.8) is 0 Å². The maximum Gasteiger partial charge on any atom is 0.492 e. The summed E-state index contributed by atoms with van der Waals surface area (Å²) in [6, 6.07) is 14.1. The molecule has 0 aliphatic rings. The third kappa shape index (κ3) is 2.82. The minimum atomic E-state index is -1.60. The average molecular weight is 244 g/mol. The summed E-state index contributed by atoms with van der Waals surface area (Å²) in [4.78, 5) is 0. The molecule has 0 spiro atoms. The van der Waals surface area contributed by atoms with E-state index in [0.29, 0.717) is 17.2 Å². The molecular formula is C13H13BO4. The second-order valence-electron chi connectivity index (χ2n) is 3.69. The maximum atomic E-state index is 9.25. The number of methoxy groups -OCH3 is 1. The van der Waals surface area contributed by atoms with Crippen molar-refractivity contribution < 1.29 is 19.5 Å². The van der Waals surface area contributed by atoms with E-state index >= 15 is 0 Å². The molecule has 4 nitrogen and oxygen atoms in total. The molecule has 2 N–H and O–H groups in total. The second-order valence-corrected chi connectivity index (χ2v) is 3.69. The number of ether oxygens (including phenoxy) is 2. The lowest BCUT2D eigenvalue weighted by atomic mass is 9.79. The molecule has 0 bridgehead atoms. The molecule has 0 amide bonds. The van der Waals surface area contributed by atoms with Crippen LogP contribution < -0.4 is 14.9 Å². The molecule has 5 heteroatoms. The molecule has 0 aliphatic heterocycles. The molecule has 0 saturated heterocycles. The standard InChI is InChI=1S/C13H13BO4/c1-17-13-8-7-11(9-12(13)14(15)16)18-10-5-3-2-4-6-10/h2-9,15-16H,1H3. The van der Waals surface area contributed by atoms with Crippen LogP contribution in [0.15, 0.2) is 48.5 Å². The Bertz CT molecular complexity index is 514.